The van der Waals surface area contributed by atoms with E-state index in [1.165, 1.54) is 5.56 Å². The van der Waals surface area contributed by atoms with E-state index in [-0.39, 0.29) is 12.1 Å². The number of benzene rings is 1. The van der Waals surface area contributed by atoms with Gasteiger partial charge in [0.25, 0.3) is 0 Å². The van der Waals surface area contributed by atoms with Crippen molar-refractivity contribution in [3.8, 4) is 0 Å². The second-order valence-electron chi connectivity index (χ2n) is 5.90. The fourth-order valence-corrected chi connectivity index (χ4v) is 3.15. The molecule has 3 rings (SSSR count). The minimum absolute atomic E-state index is 0.160. The molecule has 2 amide bonds. The standard InChI is InChI=1S/C16H24N4O/c1-18-11-12-20(16(21)19-9-7-17-8-10-19)15(13-18)14-5-3-2-4-6-14/h2-6,15,17H,7-13H2,1H3. The van der Waals surface area contributed by atoms with E-state index in [9.17, 15) is 4.79 Å². The summed E-state index contributed by atoms with van der Waals surface area (Å²) in [4.78, 5) is 19.2. The number of amides is 2. The zero-order chi connectivity index (χ0) is 14.7. The largest absolute Gasteiger partial charge is 0.322 e. The van der Waals surface area contributed by atoms with E-state index in [2.05, 4.69) is 46.4 Å². The van der Waals surface area contributed by atoms with Gasteiger partial charge in [-0.1, -0.05) is 30.3 Å². The molecule has 2 saturated heterocycles. The maximum absolute atomic E-state index is 12.8. The molecule has 1 aromatic carbocycles. The highest BCUT2D eigenvalue weighted by molar-refractivity contribution is 5.75. The van der Waals surface area contributed by atoms with Crippen molar-refractivity contribution in [2.45, 2.75) is 6.04 Å². The Balaban J connectivity index is 1.79. The first-order valence-electron chi connectivity index (χ1n) is 7.75. The Bertz CT molecular complexity index is 472. The van der Waals surface area contributed by atoms with Crippen LogP contribution in [-0.2, 0) is 0 Å². The van der Waals surface area contributed by atoms with Crippen LogP contribution < -0.4 is 5.32 Å². The number of hydrogen-bond donors (Lipinski definition) is 1. The summed E-state index contributed by atoms with van der Waals surface area (Å²) in [7, 11) is 2.13. The number of rotatable bonds is 1. The smallest absolute Gasteiger partial charge is 0.320 e. The van der Waals surface area contributed by atoms with Crippen LogP contribution in [0.5, 0.6) is 0 Å². The molecular weight excluding hydrogens is 264 g/mol. The summed E-state index contributed by atoms with van der Waals surface area (Å²) in [6.45, 7) is 6.08. The number of carbonyl (C=O) groups excluding carboxylic acids is 1. The van der Waals surface area contributed by atoms with Crippen molar-refractivity contribution >= 4 is 6.03 Å². The van der Waals surface area contributed by atoms with Crippen LogP contribution in [-0.4, -0.2) is 73.6 Å². The molecule has 0 aromatic heterocycles. The van der Waals surface area contributed by atoms with Crippen molar-refractivity contribution in [3.63, 3.8) is 0 Å². The third-order valence-corrected chi connectivity index (χ3v) is 4.40. The number of hydrogen-bond acceptors (Lipinski definition) is 3. The lowest BCUT2D eigenvalue weighted by molar-refractivity contribution is 0.0821. The molecule has 1 atom stereocenters. The van der Waals surface area contributed by atoms with Gasteiger partial charge in [0, 0.05) is 45.8 Å². The highest BCUT2D eigenvalue weighted by Crippen LogP contribution is 2.26. The fourth-order valence-electron chi connectivity index (χ4n) is 3.15. The number of nitrogens with zero attached hydrogens (tertiary/aromatic N) is 3. The molecule has 2 aliphatic heterocycles. The minimum atomic E-state index is 0.160. The van der Waals surface area contributed by atoms with Crippen LogP contribution in [0.15, 0.2) is 30.3 Å². The Kier molecular flexibility index (Phi) is 4.41. The lowest BCUT2D eigenvalue weighted by Crippen LogP contribution is -2.56. The Morgan fingerprint density at radius 2 is 1.81 bits per heavy atom. The van der Waals surface area contributed by atoms with E-state index in [4.69, 9.17) is 0 Å². The van der Waals surface area contributed by atoms with E-state index in [0.717, 1.165) is 45.8 Å². The molecule has 114 valence electrons. The second kappa shape index (κ2) is 6.45. The molecule has 2 heterocycles. The highest BCUT2D eigenvalue weighted by atomic mass is 16.2. The van der Waals surface area contributed by atoms with Gasteiger partial charge in [-0.15, -0.1) is 0 Å². The summed E-state index contributed by atoms with van der Waals surface area (Å²) < 4.78 is 0. The topological polar surface area (TPSA) is 38.8 Å². The summed E-state index contributed by atoms with van der Waals surface area (Å²) in [5.41, 5.74) is 1.23. The van der Waals surface area contributed by atoms with Crippen LogP contribution in [0.1, 0.15) is 11.6 Å². The van der Waals surface area contributed by atoms with Crippen molar-refractivity contribution < 1.29 is 4.79 Å². The first kappa shape index (κ1) is 14.4. The summed E-state index contributed by atoms with van der Waals surface area (Å²) in [5, 5.41) is 3.30. The summed E-state index contributed by atoms with van der Waals surface area (Å²) in [6.07, 6.45) is 0. The van der Waals surface area contributed by atoms with Crippen molar-refractivity contribution in [1.82, 2.24) is 20.0 Å². The van der Waals surface area contributed by atoms with E-state index >= 15 is 0 Å². The van der Waals surface area contributed by atoms with E-state index in [1.807, 2.05) is 11.0 Å². The van der Waals surface area contributed by atoms with Gasteiger partial charge in [0.15, 0.2) is 0 Å². The van der Waals surface area contributed by atoms with Gasteiger partial charge >= 0.3 is 6.03 Å². The fraction of sp³-hybridized carbons (Fsp3) is 0.562. The van der Waals surface area contributed by atoms with E-state index < -0.39 is 0 Å². The SMILES string of the molecule is CN1CCN(C(=O)N2CCNCC2)C(c2ccccc2)C1. The van der Waals surface area contributed by atoms with Crippen molar-refractivity contribution in [1.29, 1.82) is 0 Å². The molecular formula is C16H24N4O. The Morgan fingerprint density at radius 3 is 2.52 bits per heavy atom. The lowest BCUT2D eigenvalue weighted by atomic mass is 10.0. The van der Waals surface area contributed by atoms with E-state index in [0.29, 0.717) is 0 Å². The van der Waals surface area contributed by atoms with Crippen LogP contribution >= 0.6 is 0 Å². The monoisotopic (exact) mass is 288 g/mol. The molecule has 2 aliphatic rings. The van der Waals surface area contributed by atoms with Crippen molar-refractivity contribution in [2.24, 2.45) is 0 Å². The zero-order valence-electron chi connectivity index (χ0n) is 12.7. The molecule has 1 N–H and O–H groups in total. The summed E-state index contributed by atoms with van der Waals surface area (Å²) in [5.74, 6) is 0. The second-order valence-corrected chi connectivity index (χ2v) is 5.90. The Labute approximate surface area is 126 Å². The predicted molar refractivity (Wildman–Crippen MR) is 83.2 cm³/mol. The third-order valence-electron chi connectivity index (χ3n) is 4.40. The molecule has 2 fully saturated rings. The van der Waals surface area contributed by atoms with Crippen LogP contribution in [0.4, 0.5) is 4.79 Å². The molecule has 0 spiro atoms. The summed E-state index contributed by atoms with van der Waals surface area (Å²) >= 11 is 0. The normalized spacial score (nSPS) is 24.1. The van der Waals surface area contributed by atoms with Gasteiger partial charge in [0.05, 0.1) is 6.04 Å². The minimum Gasteiger partial charge on any atom is -0.322 e. The van der Waals surface area contributed by atoms with Crippen LogP contribution in [0.2, 0.25) is 0 Å². The average Bonchev–Trinajstić information content (AvgIpc) is 2.56. The van der Waals surface area contributed by atoms with Crippen molar-refractivity contribution in [2.75, 3.05) is 52.9 Å². The molecule has 5 heteroatoms. The van der Waals surface area contributed by atoms with Crippen LogP contribution in [0.25, 0.3) is 0 Å². The number of urea groups is 1. The first-order chi connectivity index (χ1) is 10.3. The molecule has 0 radical (unpaired) electrons. The molecule has 1 aromatic rings. The molecule has 21 heavy (non-hydrogen) atoms. The molecule has 0 bridgehead atoms. The number of carbonyl (C=O) groups is 1. The maximum atomic E-state index is 12.8. The van der Waals surface area contributed by atoms with Crippen molar-refractivity contribution in [3.05, 3.63) is 35.9 Å². The van der Waals surface area contributed by atoms with Crippen LogP contribution in [0, 0.1) is 0 Å². The highest BCUT2D eigenvalue weighted by Gasteiger charge is 2.33. The zero-order valence-corrected chi connectivity index (χ0v) is 12.7. The Hall–Kier alpha value is -1.59. The quantitative estimate of drug-likeness (QED) is 0.838. The number of piperazine rings is 2. The van der Waals surface area contributed by atoms with Gasteiger partial charge < -0.3 is 20.0 Å². The number of nitrogens with one attached hydrogen (secondary N) is 1. The summed E-state index contributed by atoms with van der Waals surface area (Å²) in [6, 6.07) is 10.7. The third kappa shape index (κ3) is 3.19. The van der Waals surface area contributed by atoms with Gasteiger partial charge in [-0.25, -0.2) is 4.79 Å². The van der Waals surface area contributed by atoms with Gasteiger partial charge in [-0.3, -0.25) is 0 Å². The number of likely N-dealkylation sites (N-methyl/N-ethyl adjacent to an activating group) is 1. The lowest BCUT2D eigenvalue weighted by Gasteiger charge is -2.43. The van der Waals surface area contributed by atoms with Crippen LogP contribution in [0.3, 0.4) is 0 Å². The average molecular weight is 288 g/mol. The molecule has 1 unspecified atom stereocenters. The predicted octanol–water partition coefficient (Wildman–Crippen LogP) is 1.00. The molecule has 0 saturated carbocycles. The molecule has 0 aliphatic carbocycles. The maximum Gasteiger partial charge on any atom is 0.320 e. The molecule has 5 nitrogen and oxygen atoms in total. The first-order valence-corrected chi connectivity index (χ1v) is 7.75. The van der Waals surface area contributed by atoms with Gasteiger partial charge in [-0.2, -0.15) is 0 Å². The van der Waals surface area contributed by atoms with Gasteiger partial charge in [-0.05, 0) is 12.6 Å². The van der Waals surface area contributed by atoms with E-state index in [1.54, 1.807) is 0 Å². The Morgan fingerprint density at radius 1 is 1.10 bits per heavy atom. The van der Waals surface area contributed by atoms with Gasteiger partial charge in [0.1, 0.15) is 0 Å². The van der Waals surface area contributed by atoms with Gasteiger partial charge in [0.2, 0.25) is 0 Å².